The van der Waals surface area contributed by atoms with Crippen molar-refractivity contribution in [3.05, 3.63) is 137 Å². The first-order chi connectivity index (χ1) is 16.1. The molecule has 5 heteroatoms. The summed E-state index contributed by atoms with van der Waals surface area (Å²) in [6.45, 7) is 2.02. The van der Waals surface area contributed by atoms with Crippen molar-refractivity contribution < 1.29 is 14.0 Å². The zero-order chi connectivity index (χ0) is 23.0. The molecule has 0 aliphatic heterocycles. The Morgan fingerprint density at radius 3 is 2.06 bits per heavy atom. The average Bonchev–Trinajstić information content (AvgIpc) is 3.37. The molecule has 4 rings (SSSR count). The highest BCUT2D eigenvalue weighted by Crippen LogP contribution is 2.23. The van der Waals surface area contributed by atoms with Crippen LogP contribution in [0, 0.1) is 6.92 Å². The average molecular weight is 437 g/mol. The molecule has 0 radical (unpaired) electrons. The van der Waals surface area contributed by atoms with Crippen LogP contribution in [0.2, 0.25) is 0 Å². The van der Waals surface area contributed by atoms with Crippen LogP contribution in [0.5, 0.6) is 0 Å². The molecule has 1 unspecified atom stereocenters. The zero-order valence-electron chi connectivity index (χ0n) is 18.2. The second-order valence-electron chi connectivity index (χ2n) is 7.62. The van der Waals surface area contributed by atoms with Gasteiger partial charge in [-0.05, 0) is 42.3 Å². The van der Waals surface area contributed by atoms with E-state index in [1.807, 2.05) is 67.6 Å². The van der Waals surface area contributed by atoms with E-state index in [0.717, 1.165) is 16.7 Å². The van der Waals surface area contributed by atoms with Crippen LogP contribution in [0.15, 0.2) is 113 Å². The van der Waals surface area contributed by atoms with Crippen LogP contribution in [0.3, 0.4) is 0 Å². The molecule has 0 fully saturated rings. The summed E-state index contributed by atoms with van der Waals surface area (Å²) >= 11 is 0. The van der Waals surface area contributed by atoms with E-state index in [9.17, 15) is 9.59 Å². The minimum Gasteiger partial charge on any atom is -0.465 e. The number of amides is 2. The molecule has 3 aromatic carbocycles. The lowest BCUT2D eigenvalue weighted by Crippen LogP contribution is -2.37. The summed E-state index contributed by atoms with van der Waals surface area (Å²) in [5, 5.41) is 5.81. The maximum atomic E-state index is 13.4. The van der Waals surface area contributed by atoms with Crippen LogP contribution < -0.4 is 10.6 Å². The van der Waals surface area contributed by atoms with Crippen LogP contribution >= 0.6 is 0 Å². The molecule has 4 aromatic rings. The SMILES string of the molecule is Cc1ccc(C(NC(=O)/C(=C/c2ccco2)NC(=O)c2ccccc2)c2ccccc2)cc1. The molecule has 1 atom stereocenters. The predicted octanol–water partition coefficient (Wildman–Crippen LogP) is 5.26. The molecular weight excluding hydrogens is 412 g/mol. The molecule has 0 saturated heterocycles. The van der Waals surface area contributed by atoms with E-state index >= 15 is 0 Å². The zero-order valence-corrected chi connectivity index (χ0v) is 18.2. The van der Waals surface area contributed by atoms with Crippen molar-refractivity contribution >= 4 is 17.9 Å². The predicted molar refractivity (Wildman–Crippen MR) is 128 cm³/mol. The normalized spacial score (nSPS) is 12.1. The number of carbonyl (C=O) groups is 2. The highest BCUT2D eigenvalue weighted by molar-refractivity contribution is 6.05. The van der Waals surface area contributed by atoms with Gasteiger partial charge in [0.25, 0.3) is 11.8 Å². The number of hydrogen-bond donors (Lipinski definition) is 2. The van der Waals surface area contributed by atoms with E-state index in [4.69, 9.17) is 4.42 Å². The summed E-state index contributed by atoms with van der Waals surface area (Å²) in [4.78, 5) is 26.2. The smallest absolute Gasteiger partial charge is 0.268 e. The fourth-order valence-electron chi connectivity index (χ4n) is 3.43. The van der Waals surface area contributed by atoms with Gasteiger partial charge in [-0.15, -0.1) is 0 Å². The molecule has 2 amide bonds. The van der Waals surface area contributed by atoms with Crippen molar-refractivity contribution in [3.63, 3.8) is 0 Å². The summed E-state index contributed by atoms with van der Waals surface area (Å²) < 4.78 is 5.38. The number of rotatable bonds is 7. The van der Waals surface area contributed by atoms with E-state index in [2.05, 4.69) is 10.6 Å². The lowest BCUT2D eigenvalue weighted by Gasteiger charge is -2.21. The van der Waals surface area contributed by atoms with Crippen molar-refractivity contribution in [2.75, 3.05) is 0 Å². The van der Waals surface area contributed by atoms with Crippen LogP contribution in [-0.4, -0.2) is 11.8 Å². The Morgan fingerprint density at radius 2 is 1.42 bits per heavy atom. The molecule has 2 N–H and O–H groups in total. The Hall–Kier alpha value is -4.38. The maximum Gasteiger partial charge on any atom is 0.268 e. The first kappa shape index (κ1) is 21.8. The fraction of sp³-hybridized carbons (Fsp3) is 0.0714. The van der Waals surface area contributed by atoms with Crippen molar-refractivity contribution in [1.29, 1.82) is 0 Å². The lowest BCUT2D eigenvalue weighted by molar-refractivity contribution is -0.118. The number of nitrogens with one attached hydrogen (secondary N) is 2. The topological polar surface area (TPSA) is 71.3 Å². The maximum absolute atomic E-state index is 13.4. The van der Waals surface area contributed by atoms with E-state index in [1.165, 1.54) is 12.3 Å². The van der Waals surface area contributed by atoms with Crippen molar-refractivity contribution in [2.24, 2.45) is 0 Å². The standard InChI is InChI=1S/C28H24N2O3/c1-20-14-16-22(17-15-20)26(21-9-4-2-5-10-21)30-28(32)25(19-24-13-8-18-33-24)29-27(31)23-11-6-3-7-12-23/h2-19,26H,1H3,(H,29,31)(H,30,32)/b25-19-. The van der Waals surface area contributed by atoms with Gasteiger partial charge in [0.05, 0.1) is 12.3 Å². The summed E-state index contributed by atoms with van der Waals surface area (Å²) in [6.07, 6.45) is 3.03. The van der Waals surface area contributed by atoms with E-state index in [0.29, 0.717) is 11.3 Å². The number of benzene rings is 3. The molecule has 5 nitrogen and oxygen atoms in total. The molecule has 1 heterocycles. The summed E-state index contributed by atoms with van der Waals surface area (Å²) in [7, 11) is 0. The Kier molecular flexibility index (Phi) is 6.81. The Balaban J connectivity index is 1.65. The molecule has 0 saturated carbocycles. The van der Waals surface area contributed by atoms with Gasteiger partial charge in [-0.2, -0.15) is 0 Å². The minimum absolute atomic E-state index is 0.0897. The molecule has 164 valence electrons. The van der Waals surface area contributed by atoms with Gasteiger partial charge in [0.15, 0.2) is 0 Å². The lowest BCUT2D eigenvalue weighted by atomic mass is 9.97. The first-order valence-corrected chi connectivity index (χ1v) is 10.6. The second-order valence-corrected chi connectivity index (χ2v) is 7.62. The van der Waals surface area contributed by atoms with Crippen molar-refractivity contribution in [2.45, 2.75) is 13.0 Å². The van der Waals surface area contributed by atoms with Crippen LogP contribution in [0.25, 0.3) is 6.08 Å². The van der Waals surface area contributed by atoms with E-state index < -0.39 is 11.9 Å². The molecule has 0 spiro atoms. The molecule has 33 heavy (non-hydrogen) atoms. The number of hydrogen-bond acceptors (Lipinski definition) is 3. The van der Waals surface area contributed by atoms with Crippen molar-refractivity contribution in [3.8, 4) is 0 Å². The van der Waals surface area contributed by atoms with Crippen LogP contribution in [0.1, 0.15) is 38.9 Å². The van der Waals surface area contributed by atoms with Gasteiger partial charge in [0.2, 0.25) is 0 Å². The highest BCUT2D eigenvalue weighted by atomic mass is 16.3. The quantitative estimate of drug-likeness (QED) is 0.388. The largest absolute Gasteiger partial charge is 0.465 e. The third-order valence-corrected chi connectivity index (χ3v) is 5.18. The second kappa shape index (κ2) is 10.3. The number of aryl methyl sites for hydroxylation is 1. The highest BCUT2D eigenvalue weighted by Gasteiger charge is 2.21. The van der Waals surface area contributed by atoms with Crippen LogP contribution in [0.4, 0.5) is 0 Å². The first-order valence-electron chi connectivity index (χ1n) is 10.6. The van der Waals surface area contributed by atoms with E-state index in [-0.39, 0.29) is 11.6 Å². The van der Waals surface area contributed by atoms with Gasteiger partial charge in [0.1, 0.15) is 11.5 Å². The van der Waals surface area contributed by atoms with Gasteiger partial charge >= 0.3 is 0 Å². The minimum atomic E-state index is -0.426. The third-order valence-electron chi connectivity index (χ3n) is 5.18. The van der Waals surface area contributed by atoms with Gasteiger partial charge in [-0.1, -0.05) is 78.4 Å². The molecule has 1 aromatic heterocycles. The molecule has 0 aliphatic carbocycles. The fourth-order valence-corrected chi connectivity index (χ4v) is 3.43. The van der Waals surface area contributed by atoms with Gasteiger partial charge < -0.3 is 15.1 Å². The molecular formula is C28H24N2O3. The van der Waals surface area contributed by atoms with Gasteiger partial charge in [-0.25, -0.2) is 0 Å². The van der Waals surface area contributed by atoms with Crippen molar-refractivity contribution in [1.82, 2.24) is 10.6 Å². The van der Waals surface area contributed by atoms with Gasteiger partial charge in [-0.3, -0.25) is 9.59 Å². The number of furan rings is 1. The molecule has 0 bridgehead atoms. The third kappa shape index (κ3) is 5.66. The monoisotopic (exact) mass is 436 g/mol. The molecule has 0 aliphatic rings. The van der Waals surface area contributed by atoms with Crippen LogP contribution in [-0.2, 0) is 4.79 Å². The van der Waals surface area contributed by atoms with Gasteiger partial charge in [0, 0.05) is 11.6 Å². The summed E-state index contributed by atoms with van der Waals surface area (Å²) in [6, 6.07) is 29.5. The Morgan fingerprint density at radius 1 is 0.788 bits per heavy atom. The summed E-state index contributed by atoms with van der Waals surface area (Å²) in [5.41, 5.74) is 3.54. The Labute approximate surface area is 192 Å². The summed E-state index contributed by atoms with van der Waals surface area (Å²) in [5.74, 6) is -0.347. The number of carbonyl (C=O) groups excluding carboxylic acids is 2. The Bertz CT molecular complexity index is 1230. The van der Waals surface area contributed by atoms with E-state index in [1.54, 1.807) is 36.4 Å².